The number of rotatable bonds is 4. The van der Waals surface area contributed by atoms with Crippen LogP contribution < -0.4 is 4.74 Å². The first-order chi connectivity index (χ1) is 15.3. The van der Waals surface area contributed by atoms with Crippen LogP contribution in [0.4, 0.5) is 13.2 Å². The quantitative estimate of drug-likeness (QED) is 0.639. The molecular weight excluding hydrogens is 435 g/mol. The number of amides is 1. The molecule has 0 radical (unpaired) electrons. The molecule has 0 unspecified atom stereocenters. The molecule has 4 rings (SSSR count). The van der Waals surface area contributed by atoms with Gasteiger partial charge in [0.15, 0.2) is 5.76 Å². The van der Waals surface area contributed by atoms with E-state index in [4.69, 9.17) is 19.1 Å². The van der Waals surface area contributed by atoms with Gasteiger partial charge in [-0.3, -0.25) is 9.78 Å². The number of ether oxygens (including phenoxy) is 1. The molecule has 170 valence electrons. The first kappa shape index (κ1) is 22.8. The minimum Gasteiger partial charge on any atom is -0.486 e. The van der Waals surface area contributed by atoms with Gasteiger partial charge in [0.1, 0.15) is 18.1 Å². The van der Waals surface area contributed by atoms with Crippen molar-refractivity contribution in [1.82, 2.24) is 24.9 Å². The standard InChI is InChI=1S/C17H17N5O3.C2HF3O2/c23-17(16-5-2-9-24-16)21-7-3-8-22-15(11-21)14(19-20-22)12-25-13-4-1-6-18-10-13;3-2(4,5)1(6)7/h1-2,4-6,9-10H,3,7-8,11-12H2;(H,6,7). The summed E-state index contributed by atoms with van der Waals surface area (Å²) in [5, 5.41) is 15.5. The minimum atomic E-state index is -5.08. The third kappa shape index (κ3) is 5.83. The Balaban J connectivity index is 0.000000360. The van der Waals surface area contributed by atoms with Gasteiger partial charge in [0.2, 0.25) is 0 Å². The number of hydrogen-bond donors (Lipinski definition) is 1. The summed E-state index contributed by atoms with van der Waals surface area (Å²) in [6, 6.07) is 7.03. The van der Waals surface area contributed by atoms with E-state index in [2.05, 4.69) is 15.3 Å². The number of pyridine rings is 1. The molecule has 10 nitrogen and oxygen atoms in total. The zero-order chi connectivity index (χ0) is 23.1. The molecule has 4 heterocycles. The number of carboxylic acids is 1. The Bertz CT molecular complexity index is 1040. The van der Waals surface area contributed by atoms with Gasteiger partial charge in [-0.15, -0.1) is 5.10 Å². The molecule has 0 fully saturated rings. The largest absolute Gasteiger partial charge is 0.490 e. The van der Waals surface area contributed by atoms with Crippen LogP contribution >= 0.6 is 0 Å². The number of hydrogen-bond acceptors (Lipinski definition) is 7. The van der Waals surface area contributed by atoms with Crippen LogP contribution in [0, 0.1) is 0 Å². The Morgan fingerprint density at radius 3 is 2.62 bits per heavy atom. The van der Waals surface area contributed by atoms with Crippen LogP contribution in [0.25, 0.3) is 0 Å². The van der Waals surface area contributed by atoms with E-state index in [0.717, 1.165) is 24.4 Å². The van der Waals surface area contributed by atoms with E-state index in [9.17, 15) is 18.0 Å². The molecule has 0 spiro atoms. The number of carboxylic acid groups (broad SMARTS) is 1. The van der Waals surface area contributed by atoms with Gasteiger partial charge in [-0.25, -0.2) is 9.48 Å². The van der Waals surface area contributed by atoms with E-state index in [-0.39, 0.29) is 12.5 Å². The molecule has 13 heteroatoms. The lowest BCUT2D eigenvalue weighted by atomic mass is 10.3. The van der Waals surface area contributed by atoms with Gasteiger partial charge in [-0.05, 0) is 30.7 Å². The zero-order valence-corrected chi connectivity index (χ0v) is 16.5. The fourth-order valence-electron chi connectivity index (χ4n) is 2.82. The van der Waals surface area contributed by atoms with Crippen LogP contribution in [0.2, 0.25) is 0 Å². The number of aromatic nitrogens is 4. The molecule has 1 aliphatic heterocycles. The Morgan fingerprint density at radius 1 is 1.22 bits per heavy atom. The fraction of sp³-hybridized carbons (Fsp3) is 0.316. The molecule has 0 aromatic carbocycles. The molecule has 0 bridgehead atoms. The van der Waals surface area contributed by atoms with Gasteiger partial charge < -0.3 is 19.2 Å². The van der Waals surface area contributed by atoms with Crippen LogP contribution in [0.5, 0.6) is 5.75 Å². The summed E-state index contributed by atoms with van der Waals surface area (Å²) in [5.41, 5.74) is 1.62. The second-order valence-corrected chi connectivity index (χ2v) is 6.54. The van der Waals surface area contributed by atoms with E-state index in [0.29, 0.717) is 24.6 Å². The van der Waals surface area contributed by atoms with E-state index in [1.165, 1.54) is 6.26 Å². The number of alkyl halides is 3. The SMILES string of the molecule is O=C(O)C(F)(F)F.O=C(c1ccco1)N1CCCn2nnc(COc3cccnc3)c2C1. The van der Waals surface area contributed by atoms with Crippen LogP contribution in [-0.2, 0) is 24.5 Å². The van der Waals surface area contributed by atoms with E-state index in [1.807, 2.05) is 16.8 Å². The van der Waals surface area contributed by atoms with Gasteiger partial charge >= 0.3 is 12.1 Å². The highest BCUT2D eigenvalue weighted by molar-refractivity contribution is 5.91. The van der Waals surface area contributed by atoms with Gasteiger partial charge in [0, 0.05) is 19.3 Å². The molecule has 32 heavy (non-hydrogen) atoms. The molecule has 0 saturated heterocycles. The molecule has 1 N–H and O–H groups in total. The maximum Gasteiger partial charge on any atom is 0.490 e. The van der Waals surface area contributed by atoms with Crippen molar-refractivity contribution >= 4 is 11.9 Å². The highest BCUT2D eigenvalue weighted by Crippen LogP contribution is 2.19. The molecular formula is C19H18F3N5O5. The van der Waals surface area contributed by atoms with Crippen LogP contribution in [-0.4, -0.2) is 54.6 Å². The average molecular weight is 453 g/mol. The van der Waals surface area contributed by atoms with Crippen molar-refractivity contribution in [3.05, 3.63) is 60.1 Å². The number of halogens is 3. The zero-order valence-electron chi connectivity index (χ0n) is 16.5. The van der Waals surface area contributed by atoms with Gasteiger partial charge in [0.05, 0.1) is 24.7 Å². The van der Waals surface area contributed by atoms with Gasteiger partial charge in [0.25, 0.3) is 5.91 Å². The molecule has 1 amide bonds. The molecule has 0 aliphatic carbocycles. The van der Waals surface area contributed by atoms with Crippen LogP contribution in [0.15, 0.2) is 47.3 Å². The summed E-state index contributed by atoms with van der Waals surface area (Å²) in [7, 11) is 0. The lowest BCUT2D eigenvalue weighted by molar-refractivity contribution is -0.192. The number of furan rings is 1. The normalized spacial score (nSPS) is 13.4. The van der Waals surface area contributed by atoms with E-state index < -0.39 is 12.1 Å². The number of carbonyl (C=O) groups is 2. The highest BCUT2D eigenvalue weighted by atomic mass is 19.4. The Morgan fingerprint density at radius 2 is 2.00 bits per heavy atom. The second kappa shape index (κ2) is 9.94. The summed E-state index contributed by atoms with van der Waals surface area (Å²) in [5.74, 6) is -1.87. The van der Waals surface area contributed by atoms with Crippen molar-refractivity contribution in [2.45, 2.75) is 32.3 Å². The Hall–Kier alpha value is -3.90. The summed E-state index contributed by atoms with van der Waals surface area (Å²) in [4.78, 5) is 27.3. The van der Waals surface area contributed by atoms with Gasteiger partial charge in [-0.1, -0.05) is 5.21 Å². The predicted molar refractivity (Wildman–Crippen MR) is 100 cm³/mol. The van der Waals surface area contributed by atoms with Crippen LogP contribution in [0.3, 0.4) is 0 Å². The second-order valence-electron chi connectivity index (χ2n) is 6.54. The maximum absolute atomic E-state index is 12.6. The summed E-state index contributed by atoms with van der Waals surface area (Å²) in [6.07, 6.45) is 0.569. The third-order valence-electron chi connectivity index (χ3n) is 4.33. The molecule has 3 aromatic heterocycles. The lowest BCUT2D eigenvalue weighted by Gasteiger charge is -2.19. The van der Waals surface area contributed by atoms with Crippen molar-refractivity contribution in [2.24, 2.45) is 0 Å². The Kier molecular flexibility index (Phi) is 7.07. The van der Waals surface area contributed by atoms with Crippen molar-refractivity contribution < 1.29 is 37.0 Å². The van der Waals surface area contributed by atoms with Crippen molar-refractivity contribution in [1.29, 1.82) is 0 Å². The van der Waals surface area contributed by atoms with E-state index >= 15 is 0 Å². The highest BCUT2D eigenvalue weighted by Gasteiger charge is 2.38. The number of carbonyl (C=O) groups excluding carboxylic acids is 1. The number of nitrogens with zero attached hydrogens (tertiary/aromatic N) is 5. The molecule has 3 aromatic rings. The molecule has 1 aliphatic rings. The Labute approximate surface area is 179 Å². The first-order valence-corrected chi connectivity index (χ1v) is 9.32. The lowest BCUT2D eigenvalue weighted by Crippen LogP contribution is -2.30. The number of aliphatic carboxylic acids is 1. The van der Waals surface area contributed by atoms with E-state index in [1.54, 1.807) is 29.4 Å². The minimum absolute atomic E-state index is 0.126. The first-order valence-electron chi connectivity index (χ1n) is 9.32. The molecule has 0 atom stereocenters. The number of fused-ring (bicyclic) bond motifs is 1. The predicted octanol–water partition coefficient (Wildman–Crippen LogP) is 2.52. The number of aryl methyl sites for hydroxylation is 1. The van der Waals surface area contributed by atoms with Crippen molar-refractivity contribution in [3.63, 3.8) is 0 Å². The summed E-state index contributed by atoms with van der Waals surface area (Å²) in [6.45, 7) is 2.07. The summed E-state index contributed by atoms with van der Waals surface area (Å²) >= 11 is 0. The van der Waals surface area contributed by atoms with Crippen molar-refractivity contribution in [3.8, 4) is 5.75 Å². The summed E-state index contributed by atoms with van der Waals surface area (Å²) < 4.78 is 44.5. The van der Waals surface area contributed by atoms with Crippen LogP contribution in [0.1, 0.15) is 28.4 Å². The maximum atomic E-state index is 12.6. The molecule has 0 saturated carbocycles. The van der Waals surface area contributed by atoms with Crippen molar-refractivity contribution in [2.75, 3.05) is 6.54 Å². The average Bonchev–Trinajstić information content (AvgIpc) is 3.38. The topological polar surface area (TPSA) is 124 Å². The third-order valence-corrected chi connectivity index (χ3v) is 4.33. The van der Waals surface area contributed by atoms with Gasteiger partial charge in [-0.2, -0.15) is 13.2 Å². The monoisotopic (exact) mass is 453 g/mol. The smallest absolute Gasteiger partial charge is 0.486 e. The fourth-order valence-corrected chi connectivity index (χ4v) is 2.82.